The molecular formula is C14H28N4. The van der Waals surface area contributed by atoms with Crippen LogP contribution in [0.5, 0.6) is 0 Å². The van der Waals surface area contributed by atoms with Crippen molar-refractivity contribution in [2.75, 3.05) is 0 Å². The third-order valence-electron chi connectivity index (χ3n) is 3.38. The molecule has 1 aromatic rings. The van der Waals surface area contributed by atoms with E-state index in [1.165, 1.54) is 44.1 Å². The van der Waals surface area contributed by atoms with Gasteiger partial charge in [0.2, 0.25) is 0 Å². The van der Waals surface area contributed by atoms with Gasteiger partial charge in [0, 0.05) is 19.3 Å². The van der Waals surface area contributed by atoms with E-state index in [9.17, 15) is 0 Å². The zero-order valence-corrected chi connectivity index (χ0v) is 11.9. The highest BCUT2D eigenvalue weighted by Gasteiger charge is 2.08. The quantitative estimate of drug-likeness (QED) is 0.382. The van der Waals surface area contributed by atoms with Crippen LogP contribution in [0.25, 0.3) is 0 Å². The first kappa shape index (κ1) is 15.2. The average molecular weight is 252 g/mol. The number of nitrogens with zero attached hydrogens (tertiary/aromatic N) is 2. The van der Waals surface area contributed by atoms with E-state index < -0.39 is 0 Å². The van der Waals surface area contributed by atoms with Crippen molar-refractivity contribution in [3.63, 3.8) is 0 Å². The van der Waals surface area contributed by atoms with E-state index in [1.807, 2.05) is 17.9 Å². The van der Waals surface area contributed by atoms with E-state index in [0.29, 0.717) is 6.04 Å². The van der Waals surface area contributed by atoms with E-state index in [0.717, 1.165) is 12.8 Å². The highest BCUT2D eigenvalue weighted by atomic mass is 15.2. The summed E-state index contributed by atoms with van der Waals surface area (Å²) in [4.78, 5) is 0. The monoisotopic (exact) mass is 252 g/mol. The molecule has 1 rings (SSSR count). The lowest BCUT2D eigenvalue weighted by molar-refractivity contribution is 0.459. The van der Waals surface area contributed by atoms with Gasteiger partial charge < -0.3 is 0 Å². The first-order valence-electron chi connectivity index (χ1n) is 7.20. The fourth-order valence-corrected chi connectivity index (χ4v) is 2.28. The minimum Gasteiger partial charge on any atom is -0.276 e. The maximum absolute atomic E-state index is 5.61. The number of aromatic nitrogens is 2. The Balaban J connectivity index is 2.13. The molecule has 0 aliphatic rings. The second-order valence-corrected chi connectivity index (χ2v) is 5.15. The summed E-state index contributed by atoms with van der Waals surface area (Å²) in [6.07, 6.45) is 14.1. The predicted molar refractivity (Wildman–Crippen MR) is 76.0 cm³/mol. The SMILES string of the molecule is CCCCCCCCC(Cc1cnn(C)c1)NN. The number of rotatable bonds is 10. The molecule has 0 spiro atoms. The van der Waals surface area contributed by atoms with Crippen molar-refractivity contribution in [3.8, 4) is 0 Å². The van der Waals surface area contributed by atoms with Gasteiger partial charge in [-0.3, -0.25) is 16.0 Å². The summed E-state index contributed by atoms with van der Waals surface area (Å²) in [6.45, 7) is 2.25. The van der Waals surface area contributed by atoms with Crippen LogP contribution in [0.2, 0.25) is 0 Å². The normalized spacial score (nSPS) is 12.8. The highest BCUT2D eigenvalue weighted by Crippen LogP contribution is 2.11. The van der Waals surface area contributed by atoms with Crippen molar-refractivity contribution in [1.82, 2.24) is 15.2 Å². The van der Waals surface area contributed by atoms with Gasteiger partial charge in [0.1, 0.15) is 0 Å². The molecule has 0 aliphatic heterocycles. The van der Waals surface area contributed by atoms with Gasteiger partial charge >= 0.3 is 0 Å². The Bertz CT molecular complexity index is 308. The minimum atomic E-state index is 0.375. The van der Waals surface area contributed by atoms with Crippen molar-refractivity contribution in [2.24, 2.45) is 12.9 Å². The number of nitrogens with two attached hydrogens (primary N) is 1. The standard InChI is InChI=1S/C14H28N4/c1-3-4-5-6-7-8-9-14(17-15)10-13-11-16-18(2)12-13/h11-12,14,17H,3-10,15H2,1-2H3. The summed E-state index contributed by atoms with van der Waals surface area (Å²) in [6, 6.07) is 0.375. The summed E-state index contributed by atoms with van der Waals surface area (Å²) >= 11 is 0. The van der Waals surface area contributed by atoms with Crippen molar-refractivity contribution >= 4 is 0 Å². The number of aryl methyl sites for hydroxylation is 1. The van der Waals surface area contributed by atoms with Gasteiger partial charge in [0.05, 0.1) is 6.20 Å². The topological polar surface area (TPSA) is 55.9 Å². The van der Waals surface area contributed by atoms with Crippen LogP contribution in [0.4, 0.5) is 0 Å². The van der Waals surface area contributed by atoms with E-state index in [4.69, 9.17) is 5.84 Å². The number of hydrogen-bond acceptors (Lipinski definition) is 3. The third kappa shape index (κ3) is 6.17. The Morgan fingerprint density at radius 3 is 2.61 bits per heavy atom. The molecule has 1 atom stereocenters. The minimum absolute atomic E-state index is 0.375. The number of unbranched alkanes of at least 4 members (excludes halogenated alkanes) is 5. The summed E-state index contributed by atoms with van der Waals surface area (Å²) in [5.74, 6) is 5.61. The maximum Gasteiger partial charge on any atom is 0.0522 e. The average Bonchev–Trinajstić information content (AvgIpc) is 2.77. The zero-order valence-electron chi connectivity index (χ0n) is 11.9. The Morgan fingerprint density at radius 2 is 2.00 bits per heavy atom. The van der Waals surface area contributed by atoms with Crippen LogP contribution in [0.3, 0.4) is 0 Å². The Labute approximate surface area is 111 Å². The lowest BCUT2D eigenvalue weighted by atomic mass is 10.0. The second-order valence-electron chi connectivity index (χ2n) is 5.15. The van der Waals surface area contributed by atoms with Gasteiger partial charge in [0.25, 0.3) is 0 Å². The van der Waals surface area contributed by atoms with Crippen molar-refractivity contribution < 1.29 is 0 Å². The van der Waals surface area contributed by atoms with Crippen molar-refractivity contribution in [1.29, 1.82) is 0 Å². The zero-order chi connectivity index (χ0) is 13.2. The lowest BCUT2D eigenvalue weighted by Crippen LogP contribution is -2.36. The first-order valence-corrected chi connectivity index (χ1v) is 7.20. The Morgan fingerprint density at radius 1 is 1.28 bits per heavy atom. The molecule has 1 aromatic heterocycles. The maximum atomic E-state index is 5.61. The molecule has 4 nitrogen and oxygen atoms in total. The molecule has 0 radical (unpaired) electrons. The van der Waals surface area contributed by atoms with Crippen LogP contribution in [0, 0.1) is 0 Å². The third-order valence-corrected chi connectivity index (χ3v) is 3.38. The molecule has 3 N–H and O–H groups in total. The van der Waals surface area contributed by atoms with E-state index in [1.54, 1.807) is 0 Å². The second kappa shape index (κ2) is 9.11. The Kier molecular flexibility index (Phi) is 7.69. The van der Waals surface area contributed by atoms with Gasteiger partial charge in [-0.2, -0.15) is 5.10 Å². The number of hydrogen-bond donors (Lipinski definition) is 2. The largest absolute Gasteiger partial charge is 0.276 e. The van der Waals surface area contributed by atoms with Crippen LogP contribution in [0.1, 0.15) is 57.4 Å². The molecule has 4 heteroatoms. The van der Waals surface area contributed by atoms with Gasteiger partial charge in [-0.25, -0.2) is 0 Å². The summed E-state index contributed by atoms with van der Waals surface area (Å²) < 4.78 is 1.84. The smallest absolute Gasteiger partial charge is 0.0522 e. The van der Waals surface area contributed by atoms with Crippen LogP contribution in [-0.2, 0) is 13.5 Å². The lowest BCUT2D eigenvalue weighted by Gasteiger charge is -2.14. The van der Waals surface area contributed by atoms with Crippen molar-refractivity contribution in [3.05, 3.63) is 18.0 Å². The van der Waals surface area contributed by atoms with Gasteiger partial charge in [-0.1, -0.05) is 45.4 Å². The van der Waals surface area contributed by atoms with E-state index in [2.05, 4.69) is 23.6 Å². The van der Waals surface area contributed by atoms with Crippen molar-refractivity contribution in [2.45, 2.75) is 64.3 Å². The molecule has 0 amide bonds. The van der Waals surface area contributed by atoms with Gasteiger partial charge in [-0.05, 0) is 18.4 Å². The predicted octanol–water partition coefficient (Wildman–Crippen LogP) is 2.55. The highest BCUT2D eigenvalue weighted by molar-refractivity contribution is 5.05. The van der Waals surface area contributed by atoms with Crippen LogP contribution < -0.4 is 11.3 Å². The van der Waals surface area contributed by atoms with E-state index in [-0.39, 0.29) is 0 Å². The number of nitrogens with one attached hydrogen (secondary N) is 1. The van der Waals surface area contributed by atoms with Gasteiger partial charge in [-0.15, -0.1) is 0 Å². The van der Waals surface area contributed by atoms with Crippen LogP contribution in [-0.4, -0.2) is 15.8 Å². The molecule has 1 heterocycles. The van der Waals surface area contributed by atoms with Crippen LogP contribution in [0.15, 0.2) is 12.4 Å². The summed E-state index contributed by atoms with van der Waals surface area (Å²) in [5, 5.41) is 4.18. The molecule has 0 saturated heterocycles. The first-order chi connectivity index (χ1) is 8.76. The molecule has 0 aromatic carbocycles. The van der Waals surface area contributed by atoms with Gasteiger partial charge in [0.15, 0.2) is 0 Å². The fourth-order valence-electron chi connectivity index (χ4n) is 2.28. The molecule has 0 fully saturated rings. The molecule has 0 aliphatic carbocycles. The number of hydrazine groups is 1. The molecule has 18 heavy (non-hydrogen) atoms. The Hall–Kier alpha value is -0.870. The summed E-state index contributed by atoms with van der Waals surface area (Å²) in [5.41, 5.74) is 4.18. The molecule has 0 bridgehead atoms. The molecule has 1 unspecified atom stereocenters. The molecular weight excluding hydrogens is 224 g/mol. The van der Waals surface area contributed by atoms with Crippen LogP contribution >= 0.6 is 0 Å². The van der Waals surface area contributed by atoms with E-state index >= 15 is 0 Å². The summed E-state index contributed by atoms with van der Waals surface area (Å²) in [7, 11) is 1.95. The molecule has 0 saturated carbocycles. The molecule has 104 valence electrons. The fraction of sp³-hybridized carbons (Fsp3) is 0.786.